The fourth-order valence-electron chi connectivity index (χ4n) is 2.53. The number of amides is 1. The smallest absolute Gasteiger partial charge is 0.227 e. The van der Waals surface area contributed by atoms with E-state index in [1.54, 1.807) is 6.20 Å². The highest BCUT2D eigenvalue weighted by Gasteiger charge is 2.29. The number of nitrogens with one attached hydrogen (secondary N) is 1. The molecule has 108 valence electrons. The number of piperazine rings is 1. The van der Waals surface area contributed by atoms with E-state index < -0.39 is 0 Å². The molecule has 1 saturated carbocycles. The monoisotopic (exact) mass is 274 g/mol. The van der Waals surface area contributed by atoms with Crippen molar-refractivity contribution < 1.29 is 4.79 Å². The summed E-state index contributed by atoms with van der Waals surface area (Å²) < 4.78 is 0. The minimum atomic E-state index is 0.135. The van der Waals surface area contributed by atoms with Crippen LogP contribution in [-0.4, -0.2) is 48.5 Å². The lowest BCUT2D eigenvalue weighted by molar-refractivity contribution is -0.117. The first-order valence-electron chi connectivity index (χ1n) is 7.50. The molecule has 1 aromatic rings. The molecular weight excluding hydrogens is 252 g/mol. The predicted octanol–water partition coefficient (Wildman–Crippen LogP) is 1.57. The standard InChI is InChI=1S/C15H22N4O/c1-2-18-7-9-19(10-8-18)14-6-5-13(11-16-14)17-15(20)12-3-4-12/h5-6,11-12H,2-4,7-10H2,1H3,(H,17,20). The Morgan fingerprint density at radius 3 is 2.60 bits per heavy atom. The summed E-state index contributed by atoms with van der Waals surface area (Å²) in [5.41, 5.74) is 0.804. The van der Waals surface area contributed by atoms with Crippen molar-refractivity contribution >= 4 is 17.4 Å². The zero-order valence-corrected chi connectivity index (χ0v) is 12.0. The van der Waals surface area contributed by atoms with Crippen molar-refractivity contribution in [1.82, 2.24) is 9.88 Å². The maximum Gasteiger partial charge on any atom is 0.227 e. The van der Waals surface area contributed by atoms with Crippen LogP contribution in [0.15, 0.2) is 18.3 Å². The van der Waals surface area contributed by atoms with Crippen molar-refractivity contribution in [2.75, 3.05) is 42.9 Å². The number of anilines is 2. The molecule has 1 amide bonds. The van der Waals surface area contributed by atoms with Gasteiger partial charge in [0.2, 0.25) is 5.91 Å². The average molecular weight is 274 g/mol. The Balaban J connectivity index is 1.57. The molecule has 2 fully saturated rings. The van der Waals surface area contributed by atoms with Crippen molar-refractivity contribution in [2.45, 2.75) is 19.8 Å². The van der Waals surface area contributed by atoms with Gasteiger partial charge in [-0.05, 0) is 31.5 Å². The molecule has 0 aromatic carbocycles. The van der Waals surface area contributed by atoms with Gasteiger partial charge < -0.3 is 15.1 Å². The number of nitrogens with zero attached hydrogens (tertiary/aromatic N) is 3. The molecule has 0 spiro atoms. The Morgan fingerprint density at radius 1 is 1.30 bits per heavy atom. The average Bonchev–Trinajstić information content (AvgIpc) is 3.33. The van der Waals surface area contributed by atoms with Crippen LogP contribution in [0.4, 0.5) is 11.5 Å². The quantitative estimate of drug-likeness (QED) is 0.905. The molecule has 1 aliphatic heterocycles. The molecule has 2 aliphatic rings. The van der Waals surface area contributed by atoms with Crippen LogP contribution < -0.4 is 10.2 Å². The first-order chi connectivity index (χ1) is 9.76. The number of carbonyl (C=O) groups is 1. The van der Waals surface area contributed by atoms with E-state index in [0.717, 1.165) is 57.1 Å². The molecule has 20 heavy (non-hydrogen) atoms. The van der Waals surface area contributed by atoms with Crippen LogP contribution in [-0.2, 0) is 4.79 Å². The van der Waals surface area contributed by atoms with Crippen LogP contribution in [0.1, 0.15) is 19.8 Å². The molecule has 2 heterocycles. The third-order valence-corrected chi connectivity index (χ3v) is 4.11. The topological polar surface area (TPSA) is 48.5 Å². The Kier molecular flexibility index (Phi) is 3.87. The minimum absolute atomic E-state index is 0.135. The van der Waals surface area contributed by atoms with Crippen molar-refractivity contribution in [3.63, 3.8) is 0 Å². The van der Waals surface area contributed by atoms with Gasteiger partial charge >= 0.3 is 0 Å². The lowest BCUT2D eigenvalue weighted by Gasteiger charge is -2.34. The highest BCUT2D eigenvalue weighted by Crippen LogP contribution is 2.30. The lowest BCUT2D eigenvalue weighted by Crippen LogP contribution is -2.46. The summed E-state index contributed by atoms with van der Waals surface area (Å²) in [5, 5.41) is 2.92. The van der Waals surface area contributed by atoms with Crippen molar-refractivity contribution in [2.24, 2.45) is 5.92 Å². The molecular formula is C15H22N4O. The Morgan fingerprint density at radius 2 is 2.05 bits per heavy atom. The maximum atomic E-state index is 11.7. The molecule has 5 nitrogen and oxygen atoms in total. The van der Waals surface area contributed by atoms with E-state index in [1.165, 1.54) is 0 Å². The van der Waals surface area contributed by atoms with E-state index in [2.05, 4.69) is 27.0 Å². The minimum Gasteiger partial charge on any atom is -0.354 e. The molecule has 1 saturated heterocycles. The fourth-order valence-corrected chi connectivity index (χ4v) is 2.53. The number of aromatic nitrogens is 1. The van der Waals surface area contributed by atoms with E-state index in [1.807, 2.05) is 12.1 Å². The number of pyridine rings is 1. The highest BCUT2D eigenvalue weighted by atomic mass is 16.2. The number of hydrogen-bond acceptors (Lipinski definition) is 4. The zero-order chi connectivity index (χ0) is 13.9. The van der Waals surface area contributed by atoms with Gasteiger partial charge in [0.15, 0.2) is 0 Å². The van der Waals surface area contributed by atoms with E-state index in [-0.39, 0.29) is 11.8 Å². The molecule has 0 atom stereocenters. The fraction of sp³-hybridized carbons (Fsp3) is 0.600. The lowest BCUT2D eigenvalue weighted by atomic mass is 10.3. The van der Waals surface area contributed by atoms with Gasteiger partial charge in [0.05, 0.1) is 11.9 Å². The van der Waals surface area contributed by atoms with Gasteiger partial charge in [-0.15, -0.1) is 0 Å². The second-order valence-electron chi connectivity index (χ2n) is 5.59. The van der Waals surface area contributed by atoms with Crippen LogP contribution in [0, 0.1) is 5.92 Å². The molecule has 0 unspecified atom stereocenters. The maximum absolute atomic E-state index is 11.7. The van der Waals surface area contributed by atoms with Crippen molar-refractivity contribution in [3.05, 3.63) is 18.3 Å². The van der Waals surface area contributed by atoms with Crippen LogP contribution in [0.2, 0.25) is 0 Å². The number of carbonyl (C=O) groups excluding carboxylic acids is 1. The summed E-state index contributed by atoms with van der Waals surface area (Å²) in [6.45, 7) is 7.55. The largest absolute Gasteiger partial charge is 0.354 e. The van der Waals surface area contributed by atoms with Gasteiger partial charge in [0.1, 0.15) is 5.82 Å². The van der Waals surface area contributed by atoms with Crippen molar-refractivity contribution in [3.8, 4) is 0 Å². The van der Waals surface area contributed by atoms with E-state index in [9.17, 15) is 4.79 Å². The third kappa shape index (κ3) is 3.10. The van der Waals surface area contributed by atoms with E-state index in [4.69, 9.17) is 0 Å². The van der Waals surface area contributed by atoms with Gasteiger partial charge in [-0.1, -0.05) is 6.92 Å². The second-order valence-corrected chi connectivity index (χ2v) is 5.59. The molecule has 1 aliphatic carbocycles. The van der Waals surface area contributed by atoms with Crippen LogP contribution in [0.5, 0.6) is 0 Å². The van der Waals surface area contributed by atoms with E-state index in [0.29, 0.717) is 0 Å². The molecule has 1 N–H and O–H groups in total. The summed E-state index contributed by atoms with van der Waals surface area (Å²) in [7, 11) is 0. The van der Waals surface area contributed by atoms with Crippen molar-refractivity contribution in [1.29, 1.82) is 0 Å². The summed E-state index contributed by atoms with van der Waals surface area (Å²) in [5.74, 6) is 1.37. The van der Waals surface area contributed by atoms with Gasteiger partial charge in [-0.25, -0.2) is 4.98 Å². The Bertz CT molecular complexity index is 461. The predicted molar refractivity (Wildman–Crippen MR) is 79.9 cm³/mol. The first-order valence-corrected chi connectivity index (χ1v) is 7.50. The summed E-state index contributed by atoms with van der Waals surface area (Å²) in [6, 6.07) is 3.96. The molecule has 1 aromatic heterocycles. The molecule has 0 radical (unpaired) electrons. The Hall–Kier alpha value is -1.62. The summed E-state index contributed by atoms with van der Waals surface area (Å²) in [6.07, 6.45) is 3.82. The van der Waals surface area contributed by atoms with Gasteiger partial charge in [0, 0.05) is 32.1 Å². The van der Waals surface area contributed by atoms with Gasteiger partial charge in [-0.3, -0.25) is 4.79 Å². The molecule has 3 rings (SSSR count). The zero-order valence-electron chi connectivity index (χ0n) is 12.0. The number of likely N-dealkylation sites (N-methyl/N-ethyl adjacent to an activating group) is 1. The van der Waals surface area contributed by atoms with Crippen LogP contribution >= 0.6 is 0 Å². The SMILES string of the molecule is CCN1CCN(c2ccc(NC(=O)C3CC3)cn2)CC1. The summed E-state index contributed by atoms with van der Waals surface area (Å²) >= 11 is 0. The molecule has 0 bridgehead atoms. The van der Waals surface area contributed by atoms with Crippen LogP contribution in [0.25, 0.3) is 0 Å². The second kappa shape index (κ2) is 5.79. The number of rotatable bonds is 4. The van der Waals surface area contributed by atoms with E-state index >= 15 is 0 Å². The van der Waals surface area contributed by atoms with Crippen LogP contribution in [0.3, 0.4) is 0 Å². The summed E-state index contributed by atoms with van der Waals surface area (Å²) in [4.78, 5) is 20.9. The first kappa shape index (κ1) is 13.4. The Labute approximate surface area is 120 Å². The van der Waals surface area contributed by atoms with Gasteiger partial charge in [-0.2, -0.15) is 0 Å². The normalized spacial score (nSPS) is 19.9. The third-order valence-electron chi connectivity index (χ3n) is 4.11. The highest BCUT2D eigenvalue weighted by molar-refractivity contribution is 5.93. The number of hydrogen-bond donors (Lipinski definition) is 1. The molecule has 5 heteroatoms. The van der Waals surface area contributed by atoms with Gasteiger partial charge in [0.25, 0.3) is 0 Å².